The van der Waals surface area contributed by atoms with Crippen molar-refractivity contribution in [1.82, 2.24) is 0 Å². The summed E-state index contributed by atoms with van der Waals surface area (Å²) in [7, 11) is 0. The van der Waals surface area contributed by atoms with Gasteiger partial charge in [0, 0.05) is 6.07 Å². The molecule has 0 amide bonds. The van der Waals surface area contributed by atoms with E-state index in [2.05, 4.69) is 0 Å². The molecule has 4 nitrogen and oxygen atoms in total. The Morgan fingerprint density at radius 2 is 1.89 bits per heavy atom. The molecule has 96 valence electrons. The van der Waals surface area contributed by atoms with Crippen LogP contribution in [0.5, 0.6) is 17.2 Å². The minimum absolute atomic E-state index is 0.178. The van der Waals surface area contributed by atoms with Crippen LogP contribution in [0.2, 0.25) is 5.02 Å². The lowest BCUT2D eigenvalue weighted by molar-refractivity contribution is 0.0735. The van der Waals surface area contributed by atoms with Crippen LogP contribution in [0.1, 0.15) is 10.4 Å². The molecule has 5 heteroatoms. The molecule has 0 bridgehead atoms. The molecule has 19 heavy (non-hydrogen) atoms. The Hall–Kier alpha value is -2.20. The van der Waals surface area contributed by atoms with E-state index in [1.165, 1.54) is 0 Å². The molecule has 0 aromatic heterocycles. The highest BCUT2D eigenvalue weighted by atomic mass is 35.5. The van der Waals surface area contributed by atoms with E-state index in [-0.39, 0.29) is 6.79 Å². The molecule has 0 saturated heterocycles. The van der Waals surface area contributed by atoms with Crippen LogP contribution in [-0.4, -0.2) is 12.8 Å². The summed E-state index contributed by atoms with van der Waals surface area (Å²) in [5.41, 5.74) is 0.321. The lowest BCUT2D eigenvalue weighted by Crippen LogP contribution is -2.08. The molecular formula is C14H9ClO4. The molecule has 0 spiro atoms. The highest BCUT2D eigenvalue weighted by molar-refractivity contribution is 6.33. The zero-order valence-corrected chi connectivity index (χ0v) is 10.5. The molecule has 0 fully saturated rings. The first-order valence-electron chi connectivity index (χ1n) is 5.60. The van der Waals surface area contributed by atoms with Crippen molar-refractivity contribution in [3.63, 3.8) is 0 Å². The fourth-order valence-electron chi connectivity index (χ4n) is 1.73. The number of carbonyl (C=O) groups excluding carboxylic acids is 1. The van der Waals surface area contributed by atoms with Crippen molar-refractivity contribution in [2.45, 2.75) is 0 Å². The van der Waals surface area contributed by atoms with Crippen LogP contribution in [-0.2, 0) is 0 Å². The summed E-state index contributed by atoms with van der Waals surface area (Å²) in [4.78, 5) is 12.0. The van der Waals surface area contributed by atoms with Gasteiger partial charge in [-0.3, -0.25) is 0 Å². The fraction of sp³-hybridized carbons (Fsp3) is 0.0714. The third kappa shape index (κ3) is 2.35. The van der Waals surface area contributed by atoms with Gasteiger partial charge in [-0.1, -0.05) is 23.7 Å². The molecular weight excluding hydrogens is 268 g/mol. The van der Waals surface area contributed by atoms with Crippen molar-refractivity contribution in [2.24, 2.45) is 0 Å². The van der Waals surface area contributed by atoms with Gasteiger partial charge < -0.3 is 14.2 Å². The van der Waals surface area contributed by atoms with E-state index in [0.717, 1.165) is 0 Å². The highest BCUT2D eigenvalue weighted by Gasteiger charge is 2.16. The van der Waals surface area contributed by atoms with Crippen molar-refractivity contribution in [2.75, 3.05) is 6.79 Å². The van der Waals surface area contributed by atoms with Gasteiger partial charge in [-0.15, -0.1) is 0 Å². The van der Waals surface area contributed by atoms with Crippen LogP contribution in [0, 0.1) is 0 Å². The maximum absolute atomic E-state index is 12.0. The minimum Gasteiger partial charge on any atom is -0.454 e. The van der Waals surface area contributed by atoms with E-state index in [9.17, 15) is 4.79 Å². The lowest BCUT2D eigenvalue weighted by atomic mass is 10.2. The predicted octanol–water partition coefficient (Wildman–Crippen LogP) is 3.29. The summed E-state index contributed by atoms with van der Waals surface area (Å²) in [6.07, 6.45) is 0. The second-order valence-corrected chi connectivity index (χ2v) is 4.29. The molecule has 3 rings (SSSR count). The molecule has 0 radical (unpaired) electrons. The highest BCUT2D eigenvalue weighted by Crippen LogP contribution is 2.35. The smallest absolute Gasteiger partial charge is 0.345 e. The second kappa shape index (κ2) is 4.82. The molecule has 2 aromatic carbocycles. The summed E-state index contributed by atoms with van der Waals surface area (Å²) >= 11 is 5.93. The van der Waals surface area contributed by atoms with Gasteiger partial charge in [0.25, 0.3) is 0 Å². The van der Waals surface area contributed by atoms with Gasteiger partial charge in [-0.05, 0) is 24.3 Å². The Morgan fingerprint density at radius 1 is 1.11 bits per heavy atom. The largest absolute Gasteiger partial charge is 0.454 e. The molecule has 0 aliphatic carbocycles. The topological polar surface area (TPSA) is 44.8 Å². The van der Waals surface area contributed by atoms with Crippen LogP contribution < -0.4 is 14.2 Å². The predicted molar refractivity (Wildman–Crippen MR) is 69.0 cm³/mol. The number of hydrogen-bond acceptors (Lipinski definition) is 4. The van der Waals surface area contributed by atoms with Crippen molar-refractivity contribution in [3.05, 3.63) is 53.1 Å². The van der Waals surface area contributed by atoms with Crippen LogP contribution in [0.3, 0.4) is 0 Å². The lowest BCUT2D eigenvalue weighted by Gasteiger charge is -2.06. The van der Waals surface area contributed by atoms with Crippen molar-refractivity contribution < 1.29 is 19.0 Å². The summed E-state index contributed by atoms with van der Waals surface area (Å²) in [5, 5.41) is 0.355. The fourth-order valence-corrected chi connectivity index (χ4v) is 1.94. The quantitative estimate of drug-likeness (QED) is 0.624. The Labute approximate surface area is 114 Å². The first kappa shape index (κ1) is 11.9. The number of rotatable bonds is 2. The van der Waals surface area contributed by atoms with E-state index in [1.807, 2.05) is 0 Å². The molecule has 2 aromatic rings. The number of carbonyl (C=O) groups is 1. The van der Waals surface area contributed by atoms with Crippen LogP contribution in [0.15, 0.2) is 42.5 Å². The minimum atomic E-state index is -0.510. The summed E-state index contributed by atoms with van der Waals surface area (Å²) < 4.78 is 15.6. The number of fused-ring (bicyclic) bond motifs is 1. The number of benzene rings is 2. The Morgan fingerprint density at radius 3 is 2.74 bits per heavy atom. The first-order chi connectivity index (χ1) is 9.24. The molecule has 1 aliphatic heterocycles. The molecule has 0 unspecified atom stereocenters. The van der Waals surface area contributed by atoms with Crippen molar-refractivity contribution in [1.29, 1.82) is 0 Å². The van der Waals surface area contributed by atoms with Gasteiger partial charge in [0.1, 0.15) is 5.75 Å². The summed E-state index contributed by atoms with van der Waals surface area (Å²) in [6, 6.07) is 11.7. The molecule has 0 N–H and O–H groups in total. The van der Waals surface area contributed by atoms with Gasteiger partial charge in [0.15, 0.2) is 11.5 Å². The van der Waals surface area contributed by atoms with E-state index in [0.29, 0.717) is 27.8 Å². The normalized spacial score (nSPS) is 12.3. The van der Waals surface area contributed by atoms with Crippen molar-refractivity contribution in [3.8, 4) is 17.2 Å². The van der Waals surface area contributed by atoms with Gasteiger partial charge in [-0.2, -0.15) is 0 Å². The molecule has 0 atom stereocenters. The summed E-state index contributed by atoms with van der Waals surface area (Å²) in [6.45, 7) is 0.178. The van der Waals surface area contributed by atoms with Gasteiger partial charge >= 0.3 is 5.97 Å². The van der Waals surface area contributed by atoms with E-state index in [4.69, 9.17) is 25.8 Å². The first-order valence-corrected chi connectivity index (χ1v) is 5.98. The molecule has 0 saturated carbocycles. The second-order valence-electron chi connectivity index (χ2n) is 3.88. The average Bonchev–Trinajstić information content (AvgIpc) is 2.86. The van der Waals surface area contributed by atoms with E-state index in [1.54, 1.807) is 42.5 Å². The summed E-state index contributed by atoms with van der Waals surface area (Å²) in [5.74, 6) is 1.07. The number of esters is 1. The van der Waals surface area contributed by atoms with Crippen LogP contribution in [0.4, 0.5) is 0 Å². The standard InChI is InChI=1S/C14H9ClO4/c15-11-4-2-1-3-10(11)14(16)19-9-5-6-12-13(7-9)18-8-17-12/h1-7H,8H2. The molecule has 1 heterocycles. The van der Waals surface area contributed by atoms with Gasteiger partial charge in [-0.25, -0.2) is 4.79 Å². The monoisotopic (exact) mass is 276 g/mol. The number of hydrogen-bond donors (Lipinski definition) is 0. The maximum Gasteiger partial charge on any atom is 0.345 e. The SMILES string of the molecule is O=C(Oc1ccc2c(c1)OCO2)c1ccccc1Cl. The van der Waals surface area contributed by atoms with Gasteiger partial charge in [0.2, 0.25) is 6.79 Å². The van der Waals surface area contributed by atoms with Gasteiger partial charge in [0.05, 0.1) is 10.6 Å². The maximum atomic E-state index is 12.0. The zero-order chi connectivity index (χ0) is 13.2. The third-order valence-electron chi connectivity index (χ3n) is 2.65. The third-order valence-corrected chi connectivity index (χ3v) is 2.98. The van der Waals surface area contributed by atoms with Crippen molar-refractivity contribution >= 4 is 17.6 Å². The zero-order valence-electron chi connectivity index (χ0n) is 9.76. The number of halogens is 1. The Balaban J connectivity index is 1.82. The Kier molecular flexibility index (Phi) is 3.01. The van der Waals surface area contributed by atoms with Crippen LogP contribution in [0.25, 0.3) is 0 Å². The van der Waals surface area contributed by atoms with Crippen LogP contribution >= 0.6 is 11.6 Å². The van der Waals surface area contributed by atoms with E-state index < -0.39 is 5.97 Å². The average molecular weight is 277 g/mol. The molecule has 1 aliphatic rings. The Bertz CT molecular complexity index is 639. The van der Waals surface area contributed by atoms with E-state index >= 15 is 0 Å². The number of ether oxygens (including phenoxy) is 3.